The maximum absolute atomic E-state index is 11.9. The number of nitrogens with one attached hydrogen (secondary N) is 1. The number of carboxylic acids is 1. The van der Waals surface area contributed by atoms with Crippen LogP contribution in [0.2, 0.25) is 0 Å². The molecule has 6 nitrogen and oxygen atoms in total. The number of nitrogens with zero attached hydrogens (tertiary/aromatic N) is 1. The molecule has 0 aromatic heterocycles. The normalized spacial score (nSPS) is 21.2. The number of carbonyl (C=O) groups excluding carboxylic acids is 2. The van der Waals surface area contributed by atoms with E-state index in [9.17, 15) is 14.4 Å². The average molecular weight is 228 g/mol. The number of hydrogen-bond acceptors (Lipinski definition) is 3. The van der Waals surface area contributed by atoms with Crippen LogP contribution in [0.4, 0.5) is 4.79 Å². The highest BCUT2D eigenvalue weighted by Crippen LogP contribution is 2.22. The van der Waals surface area contributed by atoms with Gasteiger partial charge in [0.1, 0.15) is 11.6 Å². The first-order chi connectivity index (χ1) is 7.18. The minimum absolute atomic E-state index is 0.332. The predicted octanol–water partition coefficient (Wildman–Crippen LogP) is 0.426. The van der Waals surface area contributed by atoms with Crippen molar-refractivity contribution in [2.24, 2.45) is 5.92 Å². The molecule has 90 valence electrons. The van der Waals surface area contributed by atoms with Crippen molar-refractivity contribution in [3.63, 3.8) is 0 Å². The fourth-order valence-corrected chi connectivity index (χ4v) is 1.72. The summed E-state index contributed by atoms with van der Waals surface area (Å²) in [6, 6.07) is -1.76. The maximum atomic E-state index is 11.9. The van der Waals surface area contributed by atoms with Crippen molar-refractivity contribution in [3.8, 4) is 0 Å². The van der Waals surface area contributed by atoms with Crippen LogP contribution < -0.4 is 5.32 Å². The first kappa shape index (κ1) is 12.5. The Hall–Kier alpha value is -1.59. The zero-order valence-electron chi connectivity index (χ0n) is 9.77. The van der Waals surface area contributed by atoms with Crippen LogP contribution in [0.1, 0.15) is 27.7 Å². The van der Waals surface area contributed by atoms with Crippen molar-refractivity contribution >= 4 is 17.9 Å². The second-order valence-electron chi connectivity index (χ2n) is 4.76. The summed E-state index contributed by atoms with van der Waals surface area (Å²) in [7, 11) is 0. The lowest BCUT2D eigenvalue weighted by Crippen LogP contribution is -2.49. The number of hydrogen-bond donors (Lipinski definition) is 2. The molecule has 0 bridgehead atoms. The van der Waals surface area contributed by atoms with Gasteiger partial charge in [0.15, 0.2) is 0 Å². The van der Waals surface area contributed by atoms with Crippen molar-refractivity contribution in [3.05, 3.63) is 0 Å². The molecule has 0 aromatic carbocycles. The van der Waals surface area contributed by atoms with Gasteiger partial charge in [-0.15, -0.1) is 0 Å². The molecule has 1 unspecified atom stereocenters. The second kappa shape index (κ2) is 3.77. The van der Waals surface area contributed by atoms with Crippen LogP contribution in [0, 0.1) is 5.92 Å². The Morgan fingerprint density at radius 1 is 1.38 bits per heavy atom. The fraction of sp³-hybridized carbons (Fsp3) is 0.700. The first-order valence-electron chi connectivity index (χ1n) is 5.07. The van der Waals surface area contributed by atoms with Gasteiger partial charge in [0.05, 0.1) is 0 Å². The molecule has 0 aliphatic carbocycles. The fourth-order valence-electron chi connectivity index (χ4n) is 1.72. The lowest BCUT2D eigenvalue weighted by Gasteiger charge is -2.25. The molecule has 3 amide bonds. The van der Waals surface area contributed by atoms with Gasteiger partial charge in [-0.3, -0.25) is 4.79 Å². The Kier molecular flexibility index (Phi) is 2.94. The minimum atomic E-state index is -1.17. The van der Waals surface area contributed by atoms with E-state index in [1.807, 2.05) is 0 Å². The molecule has 1 atom stereocenters. The van der Waals surface area contributed by atoms with E-state index in [2.05, 4.69) is 5.32 Å². The van der Waals surface area contributed by atoms with Crippen molar-refractivity contribution in [2.75, 3.05) is 0 Å². The van der Waals surface area contributed by atoms with Gasteiger partial charge in [0.2, 0.25) is 0 Å². The van der Waals surface area contributed by atoms with Crippen LogP contribution in [0.5, 0.6) is 0 Å². The molecule has 6 heteroatoms. The van der Waals surface area contributed by atoms with Crippen LogP contribution in [-0.2, 0) is 9.59 Å². The van der Waals surface area contributed by atoms with Gasteiger partial charge in [0, 0.05) is 0 Å². The number of carboxylic acid groups (broad SMARTS) is 1. The number of rotatable bonds is 3. The molecule has 16 heavy (non-hydrogen) atoms. The van der Waals surface area contributed by atoms with Gasteiger partial charge in [-0.05, 0) is 19.8 Å². The third-order valence-electron chi connectivity index (χ3n) is 2.55. The molecule has 1 rings (SSSR count). The van der Waals surface area contributed by atoms with Crippen LogP contribution >= 0.6 is 0 Å². The molecule has 1 aliphatic heterocycles. The van der Waals surface area contributed by atoms with E-state index in [1.54, 1.807) is 27.7 Å². The van der Waals surface area contributed by atoms with E-state index in [1.165, 1.54) is 0 Å². The van der Waals surface area contributed by atoms with Gasteiger partial charge >= 0.3 is 12.0 Å². The Morgan fingerprint density at radius 2 is 1.88 bits per heavy atom. The number of carbonyl (C=O) groups is 3. The molecule has 0 spiro atoms. The van der Waals surface area contributed by atoms with Gasteiger partial charge in [-0.1, -0.05) is 13.8 Å². The molecule has 1 fully saturated rings. The summed E-state index contributed by atoms with van der Waals surface area (Å²) in [5, 5.41) is 11.5. The SMILES string of the molecule is CC(C)C(C(=O)O)N1C(=O)NC(C)(C)C1=O. The largest absolute Gasteiger partial charge is 0.480 e. The number of urea groups is 1. The van der Waals surface area contributed by atoms with E-state index in [0.29, 0.717) is 0 Å². The molecular weight excluding hydrogens is 212 g/mol. The standard InChI is InChI=1S/C10H16N2O4/c1-5(2)6(7(13)14)12-8(15)10(3,4)11-9(12)16/h5-6H,1-4H3,(H,11,16)(H,13,14). The highest BCUT2D eigenvalue weighted by atomic mass is 16.4. The molecule has 1 saturated heterocycles. The lowest BCUT2D eigenvalue weighted by molar-refractivity contribution is -0.149. The third kappa shape index (κ3) is 1.87. The Labute approximate surface area is 93.6 Å². The monoisotopic (exact) mass is 228 g/mol. The number of amides is 3. The predicted molar refractivity (Wildman–Crippen MR) is 55.7 cm³/mol. The van der Waals surface area contributed by atoms with Crippen LogP contribution in [0.15, 0.2) is 0 Å². The van der Waals surface area contributed by atoms with Crippen molar-refractivity contribution in [1.82, 2.24) is 10.2 Å². The summed E-state index contributed by atoms with van der Waals surface area (Å²) in [5.41, 5.74) is -1.03. The number of aliphatic carboxylic acids is 1. The van der Waals surface area contributed by atoms with E-state index >= 15 is 0 Å². The van der Waals surface area contributed by atoms with Gasteiger partial charge in [0.25, 0.3) is 5.91 Å². The second-order valence-corrected chi connectivity index (χ2v) is 4.76. The molecule has 0 aromatic rings. The van der Waals surface area contributed by atoms with Crippen molar-refractivity contribution < 1.29 is 19.5 Å². The molecular formula is C10H16N2O4. The van der Waals surface area contributed by atoms with Crippen molar-refractivity contribution in [1.29, 1.82) is 0 Å². The Balaban J connectivity index is 3.08. The van der Waals surface area contributed by atoms with Gasteiger partial charge in [-0.2, -0.15) is 0 Å². The molecule has 1 aliphatic rings. The van der Waals surface area contributed by atoms with Crippen molar-refractivity contribution in [2.45, 2.75) is 39.3 Å². The Bertz CT molecular complexity index is 349. The highest BCUT2D eigenvalue weighted by molar-refractivity contribution is 6.08. The summed E-state index contributed by atoms with van der Waals surface area (Å²) >= 11 is 0. The van der Waals surface area contributed by atoms with Crippen LogP contribution in [0.25, 0.3) is 0 Å². The minimum Gasteiger partial charge on any atom is -0.480 e. The third-order valence-corrected chi connectivity index (χ3v) is 2.55. The van der Waals surface area contributed by atoms with Gasteiger partial charge in [-0.25, -0.2) is 14.5 Å². The van der Waals surface area contributed by atoms with E-state index in [0.717, 1.165) is 4.90 Å². The quantitative estimate of drug-likeness (QED) is 0.685. The zero-order chi connectivity index (χ0) is 12.7. The van der Waals surface area contributed by atoms with Crippen LogP contribution in [-0.4, -0.2) is 39.5 Å². The van der Waals surface area contributed by atoms with E-state index in [-0.39, 0.29) is 5.92 Å². The smallest absolute Gasteiger partial charge is 0.327 e. The maximum Gasteiger partial charge on any atom is 0.327 e. The van der Waals surface area contributed by atoms with E-state index in [4.69, 9.17) is 5.11 Å². The summed E-state index contributed by atoms with van der Waals surface area (Å²) in [6.45, 7) is 6.41. The molecule has 0 radical (unpaired) electrons. The zero-order valence-corrected chi connectivity index (χ0v) is 9.77. The molecule has 2 N–H and O–H groups in total. The topological polar surface area (TPSA) is 86.7 Å². The highest BCUT2D eigenvalue weighted by Gasteiger charge is 2.49. The first-order valence-corrected chi connectivity index (χ1v) is 5.07. The molecule has 1 heterocycles. The Morgan fingerprint density at radius 3 is 2.12 bits per heavy atom. The molecule has 0 saturated carbocycles. The van der Waals surface area contributed by atoms with E-state index < -0.39 is 29.5 Å². The number of imide groups is 1. The lowest BCUT2D eigenvalue weighted by atomic mass is 10.0. The van der Waals surface area contributed by atoms with Crippen LogP contribution in [0.3, 0.4) is 0 Å². The average Bonchev–Trinajstić information content (AvgIpc) is 2.26. The summed E-state index contributed by atoms with van der Waals surface area (Å²) in [4.78, 5) is 35.3. The summed E-state index contributed by atoms with van der Waals surface area (Å²) < 4.78 is 0. The summed E-state index contributed by atoms with van der Waals surface area (Å²) in [6.07, 6.45) is 0. The summed E-state index contributed by atoms with van der Waals surface area (Å²) in [5.74, 6) is -2.00. The van der Waals surface area contributed by atoms with Gasteiger partial charge < -0.3 is 10.4 Å².